The first-order valence-corrected chi connectivity index (χ1v) is 7.66. The van der Waals surface area contributed by atoms with E-state index in [2.05, 4.69) is 5.32 Å². The van der Waals surface area contributed by atoms with Crippen molar-refractivity contribution < 1.29 is 34.9 Å². The van der Waals surface area contributed by atoms with Gasteiger partial charge in [-0.3, -0.25) is 14.9 Å². The number of hydrogen-bond acceptors (Lipinski definition) is 7. The molecule has 1 amide bonds. The maximum atomic E-state index is 12.2. The molecule has 5 N–H and O–H groups in total. The van der Waals surface area contributed by atoms with Crippen molar-refractivity contribution in [2.45, 2.75) is 18.6 Å². The van der Waals surface area contributed by atoms with Gasteiger partial charge in [0.1, 0.15) is 0 Å². The van der Waals surface area contributed by atoms with Crippen molar-refractivity contribution in [2.24, 2.45) is 0 Å². The quantitative estimate of drug-likeness (QED) is 0.268. The van der Waals surface area contributed by atoms with Crippen LogP contribution < -0.4 is 5.32 Å². The van der Waals surface area contributed by atoms with E-state index in [1.54, 1.807) is 0 Å². The standard InChI is InChI=1S/C17H16N2O8/c20-12-3-1-2-11(15(12)22)16(23)18-14(17(24)25)13(21)8-9-4-6-10(7-5-9)19(26)27/h1-7,13-14,20-22H,8H2,(H,18,23)(H,24,25)/t13-,14+/m1/s1. The number of rotatable bonds is 7. The lowest BCUT2D eigenvalue weighted by molar-refractivity contribution is -0.384. The third kappa shape index (κ3) is 4.70. The van der Waals surface area contributed by atoms with Crippen LogP contribution in [0.5, 0.6) is 11.5 Å². The van der Waals surface area contributed by atoms with Gasteiger partial charge in [-0.15, -0.1) is 0 Å². The van der Waals surface area contributed by atoms with Gasteiger partial charge in [0.25, 0.3) is 11.6 Å². The summed E-state index contributed by atoms with van der Waals surface area (Å²) in [6, 6.07) is 7.03. The van der Waals surface area contributed by atoms with E-state index in [9.17, 15) is 40.1 Å². The fourth-order valence-electron chi connectivity index (χ4n) is 2.37. The number of aliphatic carboxylic acids is 1. The number of carboxylic acid groups (broad SMARTS) is 1. The average molecular weight is 376 g/mol. The Morgan fingerprint density at radius 2 is 1.74 bits per heavy atom. The van der Waals surface area contributed by atoms with E-state index >= 15 is 0 Å². The predicted octanol–water partition coefficient (Wildman–Crippen LogP) is 0.793. The Morgan fingerprint density at radius 1 is 1.11 bits per heavy atom. The molecule has 0 heterocycles. The molecule has 0 bridgehead atoms. The van der Waals surface area contributed by atoms with Crippen molar-refractivity contribution in [2.75, 3.05) is 0 Å². The number of aliphatic hydroxyl groups excluding tert-OH is 1. The average Bonchev–Trinajstić information content (AvgIpc) is 2.61. The normalized spacial score (nSPS) is 12.8. The number of phenols is 2. The van der Waals surface area contributed by atoms with Crippen LogP contribution in [-0.2, 0) is 11.2 Å². The number of amides is 1. The van der Waals surface area contributed by atoms with E-state index in [1.165, 1.54) is 36.4 Å². The van der Waals surface area contributed by atoms with Crippen molar-refractivity contribution >= 4 is 17.6 Å². The molecule has 2 aromatic carbocycles. The zero-order chi connectivity index (χ0) is 20.1. The zero-order valence-corrected chi connectivity index (χ0v) is 13.8. The van der Waals surface area contributed by atoms with Gasteiger partial charge < -0.3 is 25.7 Å². The number of aromatic hydroxyl groups is 2. The summed E-state index contributed by atoms with van der Waals surface area (Å²) in [7, 11) is 0. The number of carbonyl (C=O) groups excluding carboxylic acids is 1. The van der Waals surface area contributed by atoms with Crippen LogP contribution in [0.25, 0.3) is 0 Å². The molecule has 27 heavy (non-hydrogen) atoms. The second-order valence-corrected chi connectivity index (χ2v) is 5.66. The topological polar surface area (TPSA) is 170 Å². The summed E-state index contributed by atoms with van der Waals surface area (Å²) in [6.45, 7) is 0. The van der Waals surface area contributed by atoms with Gasteiger partial charge in [0.15, 0.2) is 17.5 Å². The SMILES string of the molecule is O=C(N[C@H](C(=O)O)[C@H](O)Cc1ccc([N+](=O)[O-])cc1)c1cccc(O)c1O. The fraction of sp³-hybridized carbons (Fsp3) is 0.176. The van der Waals surface area contributed by atoms with E-state index in [0.29, 0.717) is 5.56 Å². The van der Waals surface area contributed by atoms with Crippen LogP contribution in [0.3, 0.4) is 0 Å². The highest BCUT2D eigenvalue weighted by atomic mass is 16.6. The van der Waals surface area contributed by atoms with Crippen LogP contribution in [0.2, 0.25) is 0 Å². The third-order valence-corrected chi connectivity index (χ3v) is 3.79. The van der Waals surface area contributed by atoms with Gasteiger partial charge in [-0.05, 0) is 17.7 Å². The summed E-state index contributed by atoms with van der Waals surface area (Å²) in [5, 5.41) is 51.3. The molecule has 10 nitrogen and oxygen atoms in total. The molecule has 10 heteroatoms. The van der Waals surface area contributed by atoms with Crippen molar-refractivity contribution in [3.8, 4) is 11.5 Å². The minimum absolute atomic E-state index is 0.157. The summed E-state index contributed by atoms with van der Waals surface area (Å²) in [5.74, 6) is -3.79. The molecule has 0 unspecified atom stereocenters. The number of aliphatic hydroxyl groups is 1. The number of nitrogens with zero attached hydrogens (tertiary/aromatic N) is 1. The van der Waals surface area contributed by atoms with Gasteiger partial charge in [-0.2, -0.15) is 0 Å². The number of non-ortho nitro benzene ring substituents is 1. The summed E-state index contributed by atoms with van der Waals surface area (Å²) in [5.41, 5.74) is -0.0896. The lowest BCUT2D eigenvalue weighted by atomic mass is 10.0. The number of nitro benzene ring substituents is 1. The molecule has 2 aromatic rings. The van der Waals surface area contributed by atoms with Crippen LogP contribution in [0.1, 0.15) is 15.9 Å². The van der Waals surface area contributed by atoms with Gasteiger partial charge in [0.05, 0.1) is 16.6 Å². The van der Waals surface area contributed by atoms with Crippen molar-refractivity contribution in [1.82, 2.24) is 5.32 Å². The highest BCUT2D eigenvalue weighted by Gasteiger charge is 2.30. The Hall–Kier alpha value is -3.66. The molecule has 2 atom stereocenters. The van der Waals surface area contributed by atoms with Gasteiger partial charge >= 0.3 is 5.97 Å². The number of carboxylic acids is 1. The monoisotopic (exact) mass is 376 g/mol. The maximum Gasteiger partial charge on any atom is 0.328 e. The molecule has 0 saturated carbocycles. The first-order valence-electron chi connectivity index (χ1n) is 7.66. The molecule has 0 aliphatic carbocycles. The molecule has 0 aliphatic rings. The Bertz CT molecular complexity index is 866. The molecule has 142 valence electrons. The van der Waals surface area contributed by atoms with Crippen LogP contribution in [0.15, 0.2) is 42.5 Å². The number of hydrogen-bond donors (Lipinski definition) is 5. The lowest BCUT2D eigenvalue weighted by Gasteiger charge is -2.21. The number of para-hydroxylation sites is 1. The predicted molar refractivity (Wildman–Crippen MR) is 91.5 cm³/mol. The number of carbonyl (C=O) groups is 2. The maximum absolute atomic E-state index is 12.2. The fourth-order valence-corrected chi connectivity index (χ4v) is 2.37. The van der Waals surface area contributed by atoms with Crippen LogP contribution >= 0.6 is 0 Å². The third-order valence-electron chi connectivity index (χ3n) is 3.79. The highest BCUT2D eigenvalue weighted by molar-refractivity contribution is 5.99. The minimum Gasteiger partial charge on any atom is -0.504 e. The van der Waals surface area contributed by atoms with E-state index in [4.69, 9.17) is 0 Å². The Kier molecular flexibility index (Phi) is 5.93. The summed E-state index contributed by atoms with van der Waals surface area (Å²) in [6.07, 6.45) is -1.74. The molecule has 0 spiro atoms. The van der Waals surface area contributed by atoms with Crippen LogP contribution in [0, 0.1) is 10.1 Å². The zero-order valence-electron chi connectivity index (χ0n) is 13.8. The molecular formula is C17H16N2O8. The summed E-state index contributed by atoms with van der Waals surface area (Å²) < 4.78 is 0. The number of benzene rings is 2. The Labute approximate surface area is 152 Å². The number of nitrogens with one attached hydrogen (secondary N) is 1. The van der Waals surface area contributed by atoms with Crippen molar-refractivity contribution in [1.29, 1.82) is 0 Å². The van der Waals surface area contributed by atoms with Crippen molar-refractivity contribution in [3.63, 3.8) is 0 Å². The lowest BCUT2D eigenvalue weighted by Crippen LogP contribution is -2.49. The van der Waals surface area contributed by atoms with Gasteiger partial charge in [0, 0.05) is 18.6 Å². The summed E-state index contributed by atoms with van der Waals surface area (Å²) in [4.78, 5) is 33.6. The molecule has 0 aromatic heterocycles. The van der Waals surface area contributed by atoms with Crippen molar-refractivity contribution in [3.05, 3.63) is 63.7 Å². The molecule has 2 rings (SSSR count). The first-order chi connectivity index (χ1) is 12.7. The largest absolute Gasteiger partial charge is 0.504 e. The second kappa shape index (κ2) is 8.15. The molecular weight excluding hydrogens is 360 g/mol. The summed E-state index contributed by atoms with van der Waals surface area (Å²) >= 11 is 0. The smallest absolute Gasteiger partial charge is 0.328 e. The minimum atomic E-state index is -1.71. The van der Waals surface area contributed by atoms with E-state index < -0.39 is 40.4 Å². The second-order valence-electron chi connectivity index (χ2n) is 5.66. The van der Waals surface area contributed by atoms with Crippen LogP contribution in [0.4, 0.5) is 5.69 Å². The molecule has 0 fully saturated rings. The molecule has 0 radical (unpaired) electrons. The van der Waals surface area contributed by atoms with Gasteiger partial charge in [0.2, 0.25) is 0 Å². The first kappa shape index (κ1) is 19.7. The number of phenolic OH excluding ortho intramolecular Hbond substituents is 2. The Morgan fingerprint density at radius 3 is 2.30 bits per heavy atom. The van der Waals surface area contributed by atoms with Gasteiger partial charge in [-0.1, -0.05) is 18.2 Å². The van der Waals surface area contributed by atoms with Crippen LogP contribution in [-0.4, -0.2) is 49.4 Å². The Balaban J connectivity index is 2.14. The van der Waals surface area contributed by atoms with E-state index in [-0.39, 0.29) is 17.7 Å². The van der Waals surface area contributed by atoms with E-state index in [1.807, 2.05) is 0 Å². The number of nitro groups is 1. The molecule has 0 aliphatic heterocycles. The highest BCUT2D eigenvalue weighted by Crippen LogP contribution is 2.28. The molecule has 0 saturated heterocycles. The van der Waals surface area contributed by atoms with Gasteiger partial charge in [-0.25, -0.2) is 4.79 Å². The van der Waals surface area contributed by atoms with E-state index in [0.717, 1.165) is 6.07 Å².